The van der Waals surface area contributed by atoms with E-state index in [1.807, 2.05) is 19.1 Å². The molecule has 0 aliphatic heterocycles. The van der Waals surface area contributed by atoms with E-state index >= 15 is 0 Å². The van der Waals surface area contributed by atoms with Crippen molar-refractivity contribution < 1.29 is 53.7 Å². The number of ketones is 1. The Labute approximate surface area is 229 Å². The number of phenols is 1. The van der Waals surface area contributed by atoms with Crippen LogP contribution in [0.5, 0.6) is 11.5 Å². The number of tetrazole rings is 1. The number of hydrogen-bond donors (Lipinski definition) is 2. The van der Waals surface area contributed by atoms with Crippen LogP contribution in [0.2, 0.25) is 0 Å². The molecule has 0 spiro atoms. The number of aromatic hydroxyl groups is 1. The monoisotopic (exact) mass is 498 g/mol. The summed E-state index contributed by atoms with van der Waals surface area (Å²) < 4.78 is 20.1. The maximum absolute atomic E-state index is 14.2. The van der Waals surface area contributed by atoms with E-state index in [9.17, 15) is 19.4 Å². The van der Waals surface area contributed by atoms with Gasteiger partial charge in [0, 0.05) is 11.1 Å². The van der Waals surface area contributed by atoms with E-state index in [0.29, 0.717) is 28.9 Å². The van der Waals surface area contributed by atoms with E-state index in [-0.39, 0.29) is 64.6 Å². The number of phenolic OH excluding ortho intramolecular Hbond substituents is 1. The first-order valence-electron chi connectivity index (χ1n) is 11.1. The normalized spacial score (nSPS) is 11.6. The Morgan fingerprint density at radius 3 is 2.47 bits per heavy atom. The maximum atomic E-state index is 14.2. The maximum Gasteiger partial charge on any atom is 1.00 e. The molecule has 8 nitrogen and oxygen atoms in total. The van der Waals surface area contributed by atoms with Gasteiger partial charge < -0.3 is 20.0 Å². The van der Waals surface area contributed by atoms with Crippen LogP contribution in [0.1, 0.15) is 59.0 Å². The van der Waals surface area contributed by atoms with Crippen LogP contribution in [0.3, 0.4) is 0 Å². The molecule has 0 aliphatic carbocycles. The molecule has 0 bridgehead atoms. The molecule has 0 aliphatic rings. The van der Waals surface area contributed by atoms with E-state index in [1.54, 1.807) is 24.3 Å². The number of carbonyl (C=O) groups is 1. The van der Waals surface area contributed by atoms with Gasteiger partial charge in [-0.1, -0.05) is 43.7 Å². The summed E-state index contributed by atoms with van der Waals surface area (Å²) in [5, 5.41) is 35.4. The van der Waals surface area contributed by atoms with Gasteiger partial charge in [-0.15, -0.1) is 0 Å². The van der Waals surface area contributed by atoms with Crippen LogP contribution in [0.4, 0.5) is 4.39 Å². The molecule has 3 aromatic carbocycles. The Hall–Kier alpha value is -3.11. The van der Waals surface area contributed by atoms with Crippen LogP contribution in [-0.4, -0.2) is 31.4 Å². The summed E-state index contributed by atoms with van der Waals surface area (Å²) in [5.74, 6) is -0.199. The summed E-state index contributed by atoms with van der Waals surface area (Å²) >= 11 is 0. The van der Waals surface area contributed by atoms with Crippen molar-refractivity contribution in [3.05, 3.63) is 88.2 Å². The van der Waals surface area contributed by atoms with Crippen LogP contribution in [0, 0.1) is 5.82 Å². The van der Waals surface area contributed by atoms with Crippen molar-refractivity contribution in [3.8, 4) is 22.9 Å². The molecule has 0 fully saturated rings. The number of Topliss-reactive ketones (excluding diaryl/α,β-unsaturated/α-hetero) is 1. The number of aliphatic hydroxyl groups excluding tert-OH is 1. The zero-order chi connectivity index (χ0) is 24.9. The van der Waals surface area contributed by atoms with Crippen molar-refractivity contribution >= 4 is 5.78 Å². The van der Waals surface area contributed by atoms with E-state index in [0.717, 1.165) is 12.0 Å². The average Bonchev–Trinajstić information content (AvgIpc) is 3.39. The summed E-state index contributed by atoms with van der Waals surface area (Å²) in [7, 11) is 0. The van der Waals surface area contributed by atoms with Gasteiger partial charge in [-0.3, -0.25) is 15.2 Å². The predicted octanol–water partition coefficient (Wildman–Crippen LogP) is 1.16. The second kappa shape index (κ2) is 12.2. The number of benzene rings is 3. The van der Waals surface area contributed by atoms with Crippen molar-refractivity contribution in [2.24, 2.45) is 0 Å². The molecule has 0 amide bonds. The number of nitrogens with zero attached hydrogens (tertiary/aromatic N) is 4. The van der Waals surface area contributed by atoms with Gasteiger partial charge in [-0.25, -0.2) is 9.49 Å². The van der Waals surface area contributed by atoms with Crippen LogP contribution in [0.25, 0.3) is 11.4 Å². The quantitative estimate of drug-likeness (QED) is 0.261. The van der Waals surface area contributed by atoms with Gasteiger partial charge >= 0.3 is 29.6 Å². The number of hydrogen-bond acceptors (Lipinski definition) is 7. The van der Waals surface area contributed by atoms with Crippen molar-refractivity contribution in [2.45, 2.75) is 39.4 Å². The van der Waals surface area contributed by atoms with Gasteiger partial charge in [0.05, 0.1) is 11.4 Å². The Bertz CT molecular complexity index is 1330. The van der Waals surface area contributed by atoms with Crippen LogP contribution >= 0.6 is 0 Å². The average molecular weight is 498 g/mol. The third-order valence-corrected chi connectivity index (χ3v) is 5.67. The molecule has 0 radical (unpaired) electrons. The largest absolute Gasteiger partial charge is 1.00 e. The number of aliphatic hydroxyl groups is 1. The number of ether oxygens (including phenoxy) is 1. The smallest absolute Gasteiger partial charge is 0.507 e. The fourth-order valence-electron chi connectivity index (χ4n) is 3.82. The molecule has 1 unspecified atom stereocenters. The molecule has 0 saturated carbocycles. The second-order valence-electron chi connectivity index (χ2n) is 8.12. The van der Waals surface area contributed by atoms with Crippen molar-refractivity contribution in [3.63, 3.8) is 0 Å². The topological polar surface area (TPSA) is 120 Å². The molecule has 4 rings (SSSR count). The van der Waals surface area contributed by atoms with Gasteiger partial charge in [-0.05, 0) is 54.3 Å². The number of carbonyl (C=O) groups excluding carboxylic acids is 1. The molecular weight excluding hydrogens is 474 g/mol. The molecular formula is C26H24FN4NaO4. The van der Waals surface area contributed by atoms with Gasteiger partial charge in [0.25, 0.3) is 0 Å². The van der Waals surface area contributed by atoms with Gasteiger partial charge in [-0.2, -0.15) is 0 Å². The molecule has 36 heavy (non-hydrogen) atoms. The van der Waals surface area contributed by atoms with Crippen LogP contribution < -0.4 is 39.5 Å². The fraction of sp³-hybridized carbons (Fsp3) is 0.231. The second-order valence-corrected chi connectivity index (χ2v) is 8.12. The SMILES string of the molecule is CCCc1c(OCc2ccc(C(O)c3ccc(F)c(-c4nn[n-]n4)c3)cc2)ccc(C(C)=O)c1O.[Na+]. The standard InChI is InChI=1S/C26H25FN4O4.Na/c1-3-4-20-23(12-10-19(15(2)32)25(20)34)35-14-16-5-7-17(8-6-16)24(33)18-9-11-22(27)21(13-18)26-28-30-31-29-26;/h5-13,24,33H,3-4,14H2,1-2H3,(H2,28,29,30,31,32,34);/q;+1/p-1. The van der Waals surface area contributed by atoms with Crippen LogP contribution in [-0.2, 0) is 13.0 Å². The minimum atomic E-state index is -0.993. The first kappa shape index (κ1) is 27.5. The molecule has 4 aromatic rings. The Balaban J connectivity index is 0.00000361. The first-order chi connectivity index (χ1) is 16.9. The minimum Gasteiger partial charge on any atom is -0.507 e. The molecule has 1 atom stereocenters. The van der Waals surface area contributed by atoms with E-state index < -0.39 is 11.9 Å². The molecule has 180 valence electrons. The predicted molar refractivity (Wildman–Crippen MR) is 125 cm³/mol. The van der Waals surface area contributed by atoms with E-state index in [1.165, 1.54) is 25.1 Å². The van der Waals surface area contributed by atoms with E-state index in [4.69, 9.17) is 4.74 Å². The minimum absolute atomic E-state index is 0. The molecule has 10 heteroatoms. The first-order valence-corrected chi connectivity index (χ1v) is 11.1. The Morgan fingerprint density at radius 1 is 1.11 bits per heavy atom. The third-order valence-electron chi connectivity index (χ3n) is 5.67. The van der Waals surface area contributed by atoms with Gasteiger partial charge in [0.15, 0.2) is 5.78 Å². The van der Waals surface area contributed by atoms with Crippen LogP contribution in [0.15, 0.2) is 54.6 Å². The third kappa shape index (κ3) is 5.99. The van der Waals surface area contributed by atoms with Crippen molar-refractivity contribution in [1.29, 1.82) is 0 Å². The fourth-order valence-corrected chi connectivity index (χ4v) is 3.82. The van der Waals surface area contributed by atoms with Crippen molar-refractivity contribution in [1.82, 2.24) is 20.6 Å². The zero-order valence-corrected chi connectivity index (χ0v) is 22.3. The molecule has 1 heterocycles. The Kier molecular flexibility index (Phi) is 9.33. The van der Waals surface area contributed by atoms with E-state index in [2.05, 4.69) is 20.6 Å². The van der Waals surface area contributed by atoms with Gasteiger partial charge in [0.2, 0.25) is 0 Å². The zero-order valence-electron chi connectivity index (χ0n) is 20.3. The number of halogens is 1. The molecule has 2 N–H and O–H groups in total. The summed E-state index contributed by atoms with van der Waals surface area (Å²) in [4.78, 5) is 11.7. The molecule has 0 saturated heterocycles. The van der Waals surface area contributed by atoms with Crippen molar-refractivity contribution in [2.75, 3.05) is 0 Å². The summed E-state index contributed by atoms with van der Waals surface area (Å²) in [5.41, 5.74) is 2.93. The van der Waals surface area contributed by atoms with Gasteiger partial charge in [0.1, 0.15) is 30.0 Å². The summed E-state index contributed by atoms with van der Waals surface area (Å²) in [6, 6.07) is 14.6. The number of rotatable bonds is 9. The summed E-state index contributed by atoms with van der Waals surface area (Å²) in [6.45, 7) is 3.64. The number of aromatic nitrogens is 4. The Morgan fingerprint density at radius 2 is 1.83 bits per heavy atom. The molecule has 1 aromatic heterocycles. The summed E-state index contributed by atoms with van der Waals surface area (Å²) in [6.07, 6.45) is 0.371.